The number of guanidine groups is 1. The molecule has 48 heavy (non-hydrogen) atoms. The van der Waals surface area contributed by atoms with Gasteiger partial charge in [0.05, 0.1) is 12.1 Å². The van der Waals surface area contributed by atoms with Gasteiger partial charge in [-0.05, 0) is 66.0 Å². The molecule has 2 amide bonds. The van der Waals surface area contributed by atoms with Crippen molar-refractivity contribution in [2.75, 3.05) is 26.7 Å². The number of aliphatic imine (C=N–C) groups is 1. The topological polar surface area (TPSA) is 138 Å². The van der Waals surface area contributed by atoms with Crippen molar-refractivity contribution in [3.8, 4) is 0 Å². The highest BCUT2D eigenvalue weighted by Crippen LogP contribution is 2.20. The smallest absolute Gasteiger partial charge is 0.239 e. The van der Waals surface area contributed by atoms with E-state index in [1.807, 2.05) is 59.5 Å². The fraction of sp³-hybridized carbons (Fsp3) is 0.359. The van der Waals surface area contributed by atoms with Gasteiger partial charge in [-0.2, -0.15) is 0 Å². The zero-order valence-corrected chi connectivity index (χ0v) is 27.9. The zero-order valence-electron chi connectivity index (χ0n) is 27.9. The summed E-state index contributed by atoms with van der Waals surface area (Å²) in [5.41, 5.74) is 15.6. The molecule has 9 heteroatoms. The van der Waals surface area contributed by atoms with Crippen LogP contribution in [-0.4, -0.2) is 73.5 Å². The van der Waals surface area contributed by atoms with Gasteiger partial charge < -0.3 is 32.3 Å². The van der Waals surface area contributed by atoms with Crippen LogP contribution in [0, 0.1) is 0 Å². The maximum absolute atomic E-state index is 14.1. The molecule has 0 saturated carbocycles. The fourth-order valence-corrected chi connectivity index (χ4v) is 6.46. The highest BCUT2D eigenvalue weighted by molar-refractivity contribution is 5.84. The lowest BCUT2D eigenvalue weighted by molar-refractivity contribution is -0.132. The minimum absolute atomic E-state index is 0.0842. The molecule has 4 unspecified atom stereocenters. The normalized spacial score (nSPS) is 18.2. The van der Waals surface area contributed by atoms with Crippen LogP contribution in [0.4, 0.5) is 0 Å². The molecular weight excluding hydrogens is 598 g/mol. The Morgan fingerprint density at radius 2 is 1.58 bits per heavy atom. The number of nitrogens with two attached hydrogens (primary N) is 2. The third-order valence-electron chi connectivity index (χ3n) is 9.18. The summed E-state index contributed by atoms with van der Waals surface area (Å²) >= 11 is 0. The van der Waals surface area contributed by atoms with E-state index in [0.717, 1.165) is 24.0 Å². The molecule has 5 rings (SSSR count). The Morgan fingerprint density at radius 3 is 2.29 bits per heavy atom. The van der Waals surface area contributed by atoms with Crippen molar-refractivity contribution in [1.82, 2.24) is 20.9 Å². The quantitative estimate of drug-likeness (QED) is 0.0807. The Morgan fingerprint density at radius 1 is 0.917 bits per heavy atom. The van der Waals surface area contributed by atoms with E-state index in [0.29, 0.717) is 51.3 Å². The number of carbonyl (C=O) groups excluding carboxylic acids is 2. The van der Waals surface area contributed by atoms with Crippen molar-refractivity contribution in [3.63, 3.8) is 0 Å². The van der Waals surface area contributed by atoms with Gasteiger partial charge in [-0.3, -0.25) is 14.6 Å². The first kappa shape index (κ1) is 34.6. The van der Waals surface area contributed by atoms with Crippen LogP contribution in [0.1, 0.15) is 36.0 Å². The summed E-state index contributed by atoms with van der Waals surface area (Å²) in [5, 5.41) is 12.5. The summed E-state index contributed by atoms with van der Waals surface area (Å²) in [6, 6.07) is 33.3. The molecule has 9 nitrogen and oxygen atoms in total. The molecule has 0 aromatic heterocycles. The molecule has 0 aliphatic carbocycles. The van der Waals surface area contributed by atoms with Gasteiger partial charge in [0, 0.05) is 38.8 Å². The van der Waals surface area contributed by atoms with Gasteiger partial charge in [-0.15, -0.1) is 0 Å². The predicted octanol–water partition coefficient (Wildman–Crippen LogP) is 3.55. The van der Waals surface area contributed by atoms with E-state index in [-0.39, 0.29) is 23.9 Å². The summed E-state index contributed by atoms with van der Waals surface area (Å²) in [5.74, 6) is 0.268. The van der Waals surface area contributed by atoms with Crippen LogP contribution < -0.4 is 27.4 Å². The molecule has 1 aliphatic rings. The largest absolute Gasteiger partial charge is 0.370 e. The molecule has 4 atom stereocenters. The lowest BCUT2D eigenvalue weighted by Crippen LogP contribution is -2.57. The second-order valence-electron chi connectivity index (χ2n) is 12.7. The molecule has 1 aliphatic heterocycles. The van der Waals surface area contributed by atoms with Crippen molar-refractivity contribution in [2.45, 2.75) is 62.7 Å². The molecule has 252 valence electrons. The third kappa shape index (κ3) is 9.89. The Bertz CT molecular complexity index is 1650. The lowest BCUT2D eigenvalue weighted by Gasteiger charge is -2.31. The maximum Gasteiger partial charge on any atom is 0.239 e. The van der Waals surface area contributed by atoms with Crippen molar-refractivity contribution in [3.05, 3.63) is 120 Å². The zero-order chi connectivity index (χ0) is 33.7. The summed E-state index contributed by atoms with van der Waals surface area (Å²) < 4.78 is 0. The van der Waals surface area contributed by atoms with E-state index >= 15 is 0 Å². The van der Waals surface area contributed by atoms with Gasteiger partial charge >= 0.3 is 0 Å². The Hall–Kier alpha value is -4.73. The van der Waals surface area contributed by atoms with E-state index in [1.165, 1.54) is 16.3 Å². The first-order valence-electron chi connectivity index (χ1n) is 17.0. The number of amides is 2. The summed E-state index contributed by atoms with van der Waals surface area (Å²) in [4.78, 5) is 33.6. The van der Waals surface area contributed by atoms with Crippen molar-refractivity contribution < 1.29 is 9.59 Å². The molecule has 7 N–H and O–H groups in total. The third-order valence-corrected chi connectivity index (χ3v) is 9.18. The van der Waals surface area contributed by atoms with Crippen LogP contribution in [0.15, 0.2) is 108 Å². The number of hydrogen-bond acceptors (Lipinski definition) is 5. The van der Waals surface area contributed by atoms with E-state index < -0.39 is 12.1 Å². The minimum Gasteiger partial charge on any atom is -0.370 e. The van der Waals surface area contributed by atoms with E-state index in [9.17, 15) is 9.59 Å². The molecule has 4 aromatic carbocycles. The van der Waals surface area contributed by atoms with E-state index in [4.69, 9.17) is 11.5 Å². The van der Waals surface area contributed by atoms with Crippen LogP contribution in [0.5, 0.6) is 0 Å². The highest BCUT2D eigenvalue weighted by Gasteiger charge is 2.35. The SMILES string of the molecule is CN=C(N)NCCCC1NC(C(Cc2ccccc2)NC(=O)C(N)Cc2ccccc2)CCN(CCc2ccc3ccccc3c2)C1=O. The molecule has 1 saturated heterocycles. The number of benzene rings is 4. The van der Waals surface area contributed by atoms with E-state index in [1.54, 1.807) is 7.05 Å². The Kier molecular flexibility index (Phi) is 12.6. The second-order valence-corrected chi connectivity index (χ2v) is 12.7. The Labute approximate surface area is 284 Å². The lowest BCUT2D eigenvalue weighted by atomic mass is 9.95. The number of rotatable bonds is 14. The second kappa shape index (κ2) is 17.4. The van der Waals surface area contributed by atoms with Crippen molar-refractivity contribution in [1.29, 1.82) is 0 Å². The molecule has 4 aromatic rings. The van der Waals surface area contributed by atoms with Crippen LogP contribution in [-0.2, 0) is 28.9 Å². The van der Waals surface area contributed by atoms with Gasteiger partial charge in [0.2, 0.25) is 11.8 Å². The predicted molar refractivity (Wildman–Crippen MR) is 195 cm³/mol. The number of fused-ring (bicyclic) bond motifs is 1. The van der Waals surface area contributed by atoms with Gasteiger partial charge in [0.15, 0.2) is 5.96 Å². The molecule has 1 heterocycles. The van der Waals surface area contributed by atoms with Gasteiger partial charge in [0.25, 0.3) is 0 Å². The molecule has 0 spiro atoms. The number of nitrogens with zero attached hydrogens (tertiary/aromatic N) is 2. The molecule has 0 radical (unpaired) electrons. The summed E-state index contributed by atoms with van der Waals surface area (Å²) in [6.45, 7) is 1.81. The summed E-state index contributed by atoms with van der Waals surface area (Å²) in [6.07, 6.45) is 3.86. The average molecular weight is 648 g/mol. The summed E-state index contributed by atoms with van der Waals surface area (Å²) in [7, 11) is 1.64. The monoisotopic (exact) mass is 647 g/mol. The van der Waals surface area contributed by atoms with Crippen LogP contribution in [0.25, 0.3) is 10.8 Å². The number of carbonyl (C=O) groups is 2. The maximum atomic E-state index is 14.1. The van der Waals surface area contributed by atoms with Gasteiger partial charge in [0.1, 0.15) is 0 Å². The van der Waals surface area contributed by atoms with Crippen LogP contribution >= 0.6 is 0 Å². The molecular formula is C39H49N7O2. The van der Waals surface area contributed by atoms with E-state index in [2.05, 4.69) is 69.5 Å². The molecule has 1 fully saturated rings. The first-order chi connectivity index (χ1) is 23.4. The first-order valence-corrected chi connectivity index (χ1v) is 17.0. The van der Waals surface area contributed by atoms with Crippen molar-refractivity contribution in [2.24, 2.45) is 16.5 Å². The molecule has 0 bridgehead atoms. The Balaban J connectivity index is 1.33. The van der Waals surface area contributed by atoms with Crippen LogP contribution in [0.2, 0.25) is 0 Å². The standard InChI is InChI=1S/C39H49N7O2/c1-42-39(41)43-22-10-17-35-38(48)46(23-20-30-18-19-31-15-8-9-16-32(31)25-30)24-21-34(44-35)36(27-29-13-6-3-7-14-29)45-37(47)33(40)26-28-11-4-2-5-12-28/h2-9,11-16,18-19,25,33-36,44H,10,17,20-24,26-27,40H2,1H3,(H,45,47)(H3,41,42,43). The van der Waals surface area contributed by atoms with Crippen molar-refractivity contribution >= 4 is 28.5 Å². The van der Waals surface area contributed by atoms with Gasteiger partial charge in [-0.1, -0.05) is 103 Å². The van der Waals surface area contributed by atoms with Crippen LogP contribution in [0.3, 0.4) is 0 Å². The minimum atomic E-state index is -0.691. The number of hydrogen-bond donors (Lipinski definition) is 5. The number of nitrogens with one attached hydrogen (secondary N) is 3. The highest BCUT2D eigenvalue weighted by atomic mass is 16.2. The average Bonchev–Trinajstić information content (AvgIpc) is 3.27. The van der Waals surface area contributed by atoms with Gasteiger partial charge in [-0.25, -0.2) is 0 Å². The fourth-order valence-electron chi connectivity index (χ4n) is 6.46.